The molecule has 0 spiro atoms. The van der Waals surface area contributed by atoms with Gasteiger partial charge >= 0.3 is 18.2 Å². The monoisotopic (exact) mass is 520 g/mol. The van der Waals surface area contributed by atoms with Gasteiger partial charge < -0.3 is 19.1 Å². The second-order valence-corrected chi connectivity index (χ2v) is 10.0. The summed E-state index contributed by atoms with van der Waals surface area (Å²) in [4.78, 5) is 26.7. The van der Waals surface area contributed by atoms with Crippen LogP contribution < -0.4 is 15.0 Å². The van der Waals surface area contributed by atoms with Gasteiger partial charge in [-0.1, -0.05) is 30.3 Å². The molecular formula is C27H31F3N2O5. The Hall–Kier alpha value is -3.43. The SMILES string of the molecule is COC(=O)C(CC1CN(Cc2ccccc2)c2cc(NC(=O)OC(C)(C)C(F)(F)F)ccc2O1)C1CC1. The molecule has 2 aromatic rings. The van der Waals surface area contributed by atoms with Crippen LogP contribution in [0.1, 0.15) is 38.7 Å². The van der Waals surface area contributed by atoms with Gasteiger partial charge in [-0.15, -0.1) is 0 Å². The van der Waals surface area contributed by atoms with Gasteiger partial charge in [-0.2, -0.15) is 13.2 Å². The Balaban J connectivity index is 1.55. The predicted molar refractivity (Wildman–Crippen MR) is 131 cm³/mol. The fourth-order valence-electron chi connectivity index (χ4n) is 4.43. The van der Waals surface area contributed by atoms with Crippen LogP contribution in [-0.2, 0) is 20.8 Å². The number of methoxy groups -OCH3 is 1. The minimum atomic E-state index is -4.71. The Bertz CT molecular complexity index is 1120. The first-order valence-corrected chi connectivity index (χ1v) is 12.2. The predicted octanol–water partition coefficient (Wildman–Crippen LogP) is 5.93. The number of amides is 1. The number of ether oxygens (including phenoxy) is 3. The van der Waals surface area contributed by atoms with E-state index < -0.39 is 17.9 Å². The number of carbonyl (C=O) groups is 2. The number of benzene rings is 2. The molecule has 1 fully saturated rings. The van der Waals surface area contributed by atoms with E-state index in [1.165, 1.54) is 7.11 Å². The van der Waals surface area contributed by atoms with Crippen LogP contribution in [0.2, 0.25) is 0 Å². The number of nitrogens with one attached hydrogen (secondary N) is 1. The molecule has 1 aliphatic heterocycles. The van der Waals surface area contributed by atoms with Gasteiger partial charge in [0.1, 0.15) is 11.9 Å². The summed E-state index contributed by atoms with van der Waals surface area (Å²) in [6.07, 6.45) is -3.69. The van der Waals surface area contributed by atoms with E-state index in [1.54, 1.807) is 18.2 Å². The second kappa shape index (κ2) is 10.5. The van der Waals surface area contributed by atoms with Gasteiger partial charge in [0.25, 0.3) is 0 Å². The molecule has 1 saturated carbocycles. The number of hydrogen-bond donors (Lipinski definition) is 1. The average molecular weight is 521 g/mol. The third kappa shape index (κ3) is 6.47. The molecule has 2 aliphatic rings. The zero-order chi connectivity index (χ0) is 26.8. The van der Waals surface area contributed by atoms with Crippen molar-refractivity contribution in [2.75, 3.05) is 23.9 Å². The molecule has 4 rings (SSSR count). The summed E-state index contributed by atoms with van der Waals surface area (Å²) < 4.78 is 55.2. The minimum Gasteiger partial charge on any atom is -0.486 e. The molecule has 10 heteroatoms. The van der Waals surface area contributed by atoms with Gasteiger partial charge in [-0.25, -0.2) is 4.79 Å². The van der Waals surface area contributed by atoms with Crippen LogP contribution in [0.15, 0.2) is 48.5 Å². The van der Waals surface area contributed by atoms with E-state index in [-0.39, 0.29) is 23.7 Å². The van der Waals surface area contributed by atoms with Crippen LogP contribution in [0.4, 0.5) is 29.3 Å². The lowest BCUT2D eigenvalue weighted by Crippen LogP contribution is -2.44. The second-order valence-electron chi connectivity index (χ2n) is 10.0. The maximum atomic E-state index is 13.1. The summed E-state index contributed by atoms with van der Waals surface area (Å²) in [6.45, 7) is 2.60. The van der Waals surface area contributed by atoms with Crippen LogP contribution in [0.3, 0.4) is 0 Å². The molecular weight excluding hydrogens is 489 g/mol. The van der Waals surface area contributed by atoms with Crippen LogP contribution in [-0.4, -0.2) is 43.6 Å². The number of carbonyl (C=O) groups excluding carboxylic acids is 2. The van der Waals surface area contributed by atoms with E-state index in [4.69, 9.17) is 9.47 Å². The van der Waals surface area contributed by atoms with Gasteiger partial charge in [-0.3, -0.25) is 10.1 Å². The highest BCUT2D eigenvalue weighted by molar-refractivity contribution is 5.86. The van der Waals surface area contributed by atoms with Gasteiger partial charge in [0.2, 0.25) is 5.60 Å². The highest BCUT2D eigenvalue weighted by atomic mass is 19.4. The van der Waals surface area contributed by atoms with Gasteiger partial charge in [0.15, 0.2) is 0 Å². The Labute approximate surface area is 213 Å². The minimum absolute atomic E-state index is 0.230. The lowest BCUT2D eigenvalue weighted by Gasteiger charge is -2.37. The summed E-state index contributed by atoms with van der Waals surface area (Å²) in [5, 5.41) is 2.39. The van der Waals surface area contributed by atoms with Crippen LogP contribution in [0, 0.1) is 11.8 Å². The van der Waals surface area contributed by atoms with E-state index >= 15 is 0 Å². The molecule has 1 amide bonds. The molecule has 2 atom stereocenters. The number of esters is 1. The summed E-state index contributed by atoms with van der Waals surface area (Å²) >= 11 is 0. The van der Waals surface area contributed by atoms with Crippen molar-refractivity contribution in [3.63, 3.8) is 0 Å². The van der Waals surface area contributed by atoms with Crippen molar-refractivity contribution < 1.29 is 37.0 Å². The van der Waals surface area contributed by atoms with Crippen molar-refractivity contribution in [3.05, 3.63) is 54.1 Å². The summed E-state index contributed by atoms with van der Waals surface area (Å²) in [5.41, 5.74) is -0.648. The number of alkyl halides is 3. The standard InChI is InChI=1S/C27H31F3N2O5/c1-26(2,27(28,29)30)37-25(34)31-19-11-12-23-22(13-19)32(15-17-7-5-4-6-8-17)16-20(36-23)14-21(18-9-10-18)24(33)35-3/h4-8,11-13,18,20-21H,9-10,14-16H2,1-3H3,(H,31,34). The lowest BCUT2D eigenvalue weighted by molar-refractivity contribution is -0.242. The zero-order valence-corrected chi connectivity index (χ0v) is 21.0. The van der Waals surface area contributed by atoms with Gasteiger partial charge in [-0.05, 0) is 62.8 Å². The molecule has 200 valence electrons. The third-order valence-electron chi connectivity index (χ3n) is 6.72. The molecule has 1 heterocycles. The van der Waals surface area contributed by atoms with Crippen molar-refractivity contribution >= 4 is 23.4 Å². The molecule has 2 unspecified atom stereocenters. The van der Waals surface area contributed by atoms with Crippen LogP contribution >= 0.6 is 0 Å². The zero-order valence-electron chi connectivity index (χ0n) is 21.0. The highest BCUT2D eigenvalue weighted by Crippen LogP contribution is 2.43. The Kier molecular flexibility index (Phi) is 7.57. The van der Waals surface area contributed by atoms with E-state index in [0.29, 0.717) is 36.9 Å². The van der Waals surface area contributed by atoms with E-state index in [9.17, 15) is 22.8 Å². The molecule has 0 radical (unpaired) electrons. The topological polar surface area (TPSA) is 77.1 Å². The molecule has 0 bridgehead atoms. The fraction of sp³-hybridized carbons (Fsp3) is 0.481. The van der Waals surface area contributed by atoms with Crippen molar-refractivity contribution in [1.82, 2.24) is 0 Å². The van der Waals surface area contributed by atoms with Crippen LogP contribution in [0.5, 0.6) is 5.75 Å². The quantitative estimate of drug-likeness (QED) is 0.435. The number of rotatable bonds is 8. The number of nitrogens with zero attached hydrogens (tertiary/aromatic N) is 1. The van der Waals surface area contributed by atoms with Crippen LogP contribution in [0.25, 0.3) is 0 Å². The van der Waals surface area contributed by atoms with E-state index in [2.05, 4.69) is 15.0 Å². The number of anilines is 2. The van der Waals surface area contributed by atoms with E-state index in [1.807, 2.05) is 30.3 Å². The largest absolute Gasteiger partial charge is 0.486 e. The molecule has 7 nitrogen and oxygen atoms in total. The highest BCUT2D eigenvalue weighted by Gasteiger charge is 2.51. The molecule has 0 aromatic heterocycles. The lowest BCUT2D eigenvalue weighted by atomic mass is 9.95. The first-order chi connectivity index (χ1) is 17.5. The number of hydrogen-bond acceptors (Lipinski definition) is 6. The molecule has 2 aromatic carbocycles. The third-order valence-corrected chi connectivity index (χ3v) is 6.72. The summed E-state index contributed by atoms with van der Waals surface area (Å²) in [6, 6.07) is 14.6. The fourth-order valence-corrected chi connectivity index (χ4v) is 4.43. The first kappa shape index (κ1) is 26.6. The average Bonchev–Trinajstić information content (AvgIpc) is 3.67. The van der Waals surface area contributed by atoms with E-state index in [0.717, 1.165) is 32.3 Å². The molecule has 37 heavy (non-hydrogen) atoms. The molecule has 0 saturated heterocycles. The number of fused-ring (bicyclic) bond motifs is 1. The number of halogens is 3. The van der Waals surface area contributed by atoms with Gasteiger partial charge in [0.05, 0.1) is 25.3 Å². The maximum Gasteiger partial charge on any atom is 0.427 e. The van der Waals surface area contributed by atoms with Crippen molar-refractivity contribution in [1.29, 1.82) is 0 Å². The van der Waals surface area contributed by atoms with Crippen molar-refractivity contribution in [3.8, 4) is 5.75 Å². The van der Waals surface area contributed by atoms with Crippen molar-refractivity contribution in [2.24, 2.45) is 11.8 Å². The summed E-state index contributed by atoms with van der Waals surface area (Å²) in [7, 11) is 1.39. The Morgan fingerprint density at radius 3 is 2.46 bits per heavy atom. The normalized spacial score (nSPS) is 18.3. The van der Waals surface area contributed by atoms with Crippen molar-refractivity contribution in [2.45, 2.75) is 57.5 Å². The Morgan fingerprint density at radius 1 is 1.14 bits per heavy atom. The summed E-state index contributed by atoms with van der Waals surface area (Å²) in [5.74, 6) is 0.397. The Morgan fingerprint density at radius 2 is 1.84 bits per heavy atom. The molecule has 1 N–H and O–H groups in total. The molecule has 1 aliphatic carbocycles. The smallest absolute Gasteiger partial charge is 0.427 e. The maximum absolute atomic E-state index is 13.1. The van der Waals surface area contributed by atoms with Gasteiger partial charge in [0, 0.05) is 12.2 Å². The first-order valence-electron chi connectivity index (χ1n) is 12.2.